The molecule has 132 valence electrons. The number of anilines is 1. The number of hydrogen-bond donors (Lipinski definition) is 1. The molecule has 1 aromatic rings. The van der Waals surface area contributed by atoms with Gasteiger partial charge in [0.05, 0.1) is 11.2 Å². The highest BCUT2D eigenvalue weighted by Crippen LogP contribution is 2.64. The predicted molar refractivity (Wildman–Crippen MR) is 96.5 cm³/mol. The molecular formula is C19H27NO3S. The van der Waals surface area contributed by atoms with Crippen LogP contribution in [0.5, 0.6) is 0 Å². The van der Waals surface area contributed by atoms with Gasteiger partial charge in [-0.3, -0.25) is 9.52 Å². The normalized spacial score (nSPS) is 28.5. The molecule has 1 N–H and O–H groups in total. The third kappa shape index (κ3) is 2.67. The molecule has 2 aliphatic rings. The van der Waals surface area contributed by atoms with Gasteiger partial charge in [-0.25, -0.2) is 8.42 Å². The summed E-state index contributed by atoms with van der Waals surface area (Å²) in [6, 6.07) is 7.47. The Hall–Kier alpha value is -1.36. The maximum absolute atomic E-state index is 12.7. The first kappa shape index (κ1) is 17.5. The summed E-state index contributed by atoms with van der Waals surface area (Å²) in [5.41, 5.74) is 0.776. The number of carbonyl (C=O) groups is 1. The number of carbonyl (C=O) groups excluding carboxylic acids is 1. The largest absolute Gasteiger partial charge is 0.299 e. The lowest BCUT2D eigenvalue weighted by atomic mass is 9.70. The molecule has 0 saturated heterocycles. The fourth-order valence-corrected chi connectivity index (χ4v) is 6.48. The van der Waals surface area contributed by atoms with Crippen molar-refractivity contribution in [2.75, 3.05) is 10.5 Å². The van der Waals surface area contributed by atoms with Gasteiger partial charge in [0, 0.05) is 12.1 Å². The van der Waals surface area contributed by atoms with Gasteiger partial charge in [0.25, 0.3) is 0 Å². The first-order valence-electron chi connectivity index (χ1n) is 8.71. The van der Waals surface area contributed by atoms with Crippen LogP contribution in [0, 0.1) is 16.7 Å². The number of nitrogens with one attached hydrogen (secondary N) is 1. The van der Waals surface area contributed by atoms with Crippen LogP contribution in [0.15, 0.2) is 24.3 Å². The summed E-state index contributed by atoms with van der Waals surface area (Å²) in [6.45, 7) is 8.32. The van der Waals surface area contributed by atoms with Crippen molar-refractivity contribution in [3.05, 3.63) is 29.8 Å². The van der Waals surface area contributed by atoms with Gasteiger partial charge in [-0.2, -0.15) is 0 Å². The molecule has 2 fully saturated rings. The average Bonchev–Trinajstić information content (AvgIpc) is 2.81. The van der Waals surface area contributed by atoms with Crippen molar-refractivity contribution in [3.8, 4) is 0 Å². The third-order valence-electron chi connectivity index (χ3n) is 6.43. The molecule has 2 aliphatic carbocycles. The minimum absolute atomic E-state index is 0.103. The highest BCUT2D eigenvalue weighted by molar-refractivity contribution is 7.92. The molecule has 0 aliphatic heterocycles. The second-order valence-corrected chi connectivity index (χ2v) is 10.0. The fraction of sp³-hybridized carbons (Fsp3) is 0.632. The number of benzene rings is 1. The Morgan fingerprint density at radius 2 is 1.83 bits per heavy atom. The number of rotatable bonds is 5. The summed E-state index contributed by atoms with van der Waals surface area (Å²) in [5, 5.41) is 0. The van der Waals surface area contributed by atoms with Gasteiger partial charge in [-0.15, -0.1) is 0 Å². The van der Waals surface area contributed by atoms with Gasteiger partial charge < -0.3 is 0 Å². The molecule has 0 amide bonds. The highest BCUT2D eigenvalue weighted by Gasteiger charge is 2.65. The molecule has 3 rings (SSSR count). The van der Waals surface area contributed by atoms with Gasteiger partial charge in [0.15, 0.2) is 0 Å². The quantitative estimate of drug-likeness (QED) is 0.875. The Bertz CT molecular complexity index is 749. The number of ketones is 1. The number of sulfonamides is 1. The van der Waals surface area contributed by atoms with Crippen LogP contribution in [0.3, 0.4) is 0 Å². The molecule has 5 heteroatoms. The molecule has 2 bridgehead atoms. The van der Waals surface area contributed by atoms with E-state index in [2.05, 4.69) is 32.4 Å². The topological polar surface area (TPSA) is 63.2 Å². The Morgan fingerprint density at radius 1 is 1.21 bits per heavy atom. The molecule has 24 heavy (non-hydrogen) atoms. The van der Waals surface area contributed by atoms with Gasteiger partial charge in [0.2, 0.25) is 10.0 Å². The first-order valence-corrected chi connectivity index (χ1v) is 10.4. The Labute approximate surface area is 145 Å². The van der Waals surface area contributed by atoms with Gasteiger partial charge in [-0.05, 0) is 47.8 Å². The molecule has 0 spiro atoms. The maximum Gasteiger partial charge on any atom is 0.233 e. The predicted octanol–water partition coefficient (Wildman–Crippen LogP) is 3.95. The van der Waals surface area contributed by atoms with Crippen LogP contribution in [-0.2, 0) is 14.8 Å². The van der Waals surface area contributed by atoms with E-state index in [9.17, 15) is 13.2 Å². The van der Waals surface area contributed by atoms with E-state index in [4.69, 9.17) is 0 Å². The maximum atomic E-state index is 12.7. The standard InChI is InChI=1S/C19H27NO3S/c1-13(2)14-5-7-16(8-6-14)20-24(22,23)12-19-10-9-15(11-17(19)21)18(19,3)4/h5-8,13,15,20H,9-12H2,1-4H3/t15-,19+/m0/s1. The second kappa shape index (κ2) is 5.58. The van der Waals surface area contributed by atoms with Crippen LogP contribution < -0.4 is 4.72 Å². The molecule has 1 aromatic carbocycles. The minimum atomic E-state index is -3.57. The summed E-state index contributed by atoms with van der Waals surface area (Å²) in [7, 11) is -3.57. The van der Waals surface area contributed by atoms with E-state index < -0.39 is 15.4 Å². The third-order valence-corrected chi connectivity index (χ3v) is 7.85. The Kier molecular flexibility index (Phi) is 4.06. The van der Waals surface area contributed by atoms with Crippen LogP contribution in [-0.4, -0.2) is 20.0 Å². The molecule has 2 atom stereocenters. The highest BCUT2D eigenvalue weighted by atomic mass is 32.2. The number of Topliss-reactive ketones (excluding diaryl/α,β-unsaturated/α-hetero) is 1. The molecule has 4 nitrogen and oxygen atoms in total. The van der Waals surface area contributed by atoms with Crippen molar-refractivity contribution in [1.82, 2.24) is 0 Å². The van der Waals surface area contributed by atoms with E-state index in [1.807, 2.05) is 12.1 Å². The van der Waals surface area contributed by atoms with Crippen molar-refractivity contribution >= 4 is 21.5 Å². The zero-order valence-electron chi connectivity index (χ0n) is 14.9. The molecule has 0 radical (unpaired) electrons. The van der Waals surface area contributed by atoms with E-state index >= 15 is 0 Å². The molecule has 0 unspecified atom stereocenters. The Morgan fingerprint density at radius 3 is 2.29 bits per heavy atom. The smallest absolute Gasteiger partial charge is 0.233 e. The fourth-order valence-electron chi connectivity index (χ4n) is 4.58. The first-order chi connectivity index (χ1) is 11.1. The van der Waals surface area contributed by atoms with Crippen molar-refractivity contribution in [2.45, 2.75) is 52.9 Å². The molecule has 2 saturated carbocycles. The summed E-state index contributed by atoms with van der Waals surface area (Å²) >= 11 is 0. The lowest BCUT2D eigenvalue weighted by Gasteiger charge is -2.36. The van der Waals surface area contributed by atoms with Crippen molar-refractivity contribution in [3.63, 3.8) is 0 Å². The SMILES string of the molecule is CC(C)c1ccc(NS(=O)(=O)C[C@]23CC[C@@H](CC2=O)C3(C)C)cc1. The van der Waals surface area contributed by atoms with E-state index in [1.54, 1.807) is 12.1 Å². The second-order valence-electron chi connectivity index (χ2n) is 8.30. The average molecular weight is 349 g/mol. The summed E-state index contributed by atoms with van der Waals surface area (Å²) < 4.78 is 28.1. The lowest BCUT2D eigenvalue weighted by Crippen LogP contribution is -2.43. The van der Waals surface area contributed by atoms with E-state index in [0.717, 1.165) is 6.42 Å². The Balaban J connectivity index is 1.80. The van der Waals surface area contributed by atoms with Crippen molar-refractivity contribution in [2.24, 2.45) is 16.7 Å². The molecule has 0 heterocycles. The van der Waals surface area contributed by atoms with Gasteiger partial charge >= 0.3 is 0 Å². The van der Waals surface area contributed by atoms with Crippen LogP contribution in [0.1, 0.15) is 58.4 Å². The summed E-state index contributed by atoms with van der Waals surface area (Å²) in [4.78, 5) is 12.5. The minimum Gasteiger partial charge on any atom is -0.299 e. The van der Waals surface area contributed by atoms with Crippen LogP contribution in [0.25, 0.3) is 0 Å². The van der Waals surface area contributed by atoms with Crippen LogP contribution in [0.2, 0.25) is 0 Å². The van der Waals surface area contributed by atoms with E-state index in [0.29, 0.717) is 30.4 Å². The monoisotopic (exact) mass is 349 g/mol. The van der Waals surface area contributed by atoms with Gasteiger partial charge in [-0.1, -0.05) is 39.8 Å². The van der Waals surface area contributed by atoms with Crippen LogP contribution in [0.4, 0.5) is 5.69 Å². The van der Waals surface area contributed by atoms with Crippen LogP contribution >= 0.6 is 0 Å². The molecular weight excluding hydrogens is 322 g/mol. The van der Waals surface area contributed by atoms with E-state index in [1.165, 1.54) is 5.56 Å². The summed E-state index contributed by atoms with van der Waals surface area (Å²) in [5.74, 6) is 0.755. The number of hydrogen-bond acceptors (Lipinski definition) is 3. The van der Waals surface area contributed by atoms with Crippen molar-refractivity contribution in [1.29, 1.82) is 0 Å². The lowest BCUT2D eigenvalue weighted by molar-refractivity contribution is -0.128. The zero-order valence-corrected chi connectivity index (χ0v) is 15.7. The number of fused-ring (bicyclic) bond motifs is 2. The van der Waals surface area contributed by atoms with Crippen molar-refractivity contribution < 1.29 is 13.2 Å². The summed E-state index contributed by atoms with van der Waals surface area (Å²) in [6.07, 6.45) is 2.18. The van der Waals surface area contributed by atoms with E-state index in [-0.39, 0.29) is 17.0 Å². The van der Waals surface area contributed by atoms with Gasteiger partial charge in [0.1, 0.15) is 5.78 Å². The molecule has 0 aromatic heterocycles. The zero-order chi connectivity index (χ0) is 17.8.